The third kappa shape index (κ3) is 3.87. The zero-order valence-corrected chi connectivity index (χ0v) is 15.7. The Labute approximate surface area is 149 Å². The van der Waals surface area contributed by atoms with Gasteiger partial charge in [-0.05, 0) is 46.9 Å². The standard InChI is InChI=1S/C17H19IN2O3/c1-20(2)14-8-6-5-7-13(14)19-17(21)11-9-15(22-3)16(23-4)10-12(11)18/h5-10H,1-4H3,(H,19,21). The molecule has 0 aromatic heterocycles. The van der Waals surface area contributed by atoms with Gasteiger partial charge in [0.15, 0.2) is 11.5 Å². The van der Waals surface area contributed by atoms with Gasteiger partial charge in [-0.3, -0.25) is 4.79 Å². The molecule has 0 aliphatic rings. The van der Waals surface area contributed by atoms with E-state index in [1.807, 2.05) is 43.3 Å². The molecule has 0 bridgehead atoms. The van der Waals surface area contributed by atoms with E-state index in [4.69, 9.17) is 9.47 Å². The lowest BCUT2D eigenvalue weighted by Gasteiger charge is -2.18. The van der Waals surface area contributed by atoms with E-state index in [9.17, 15) is 4.79 Å². The van der Waals surface area contributed by atoms with Crippen molar-refractivity contribution >= 4 is 39.9 Å². The Hall–Kier alpha value is -1.96. The topological polar surface area (TPSA) is 50.8 Å². The van der Waals surface area contributed by atoms with Gasteiger partial charge in [0, 0.05) is 17.7 Å². The normalized spacial score (nSPS) is 10.1. The predicted octanol–water partition coefficient (Wildman–Crippen LogP) is 3.63. The molecule has 122 valence electrons. The van der Waals surface area contributed by atoms with Crippen molar-refractivity contribution in [2.75, 3.05) is 38.5 Å². The van der Waals surface area contributed by atoms with Crippen LogP contribution >= 0.6 is 22.6 Å². The van der Waals surface area contributed by atoms with Crippen LogP contribution in [0.15, 0.2) is 36.4 Å². The molecule has 0 heterocycles. The van der Waals surface area contributed by atoms with E-state index in [1.165, 1.54) is 0 Å². The zero-order chi connectivity index (χ0) is 17.0. The Morgan fingerprint density at radius 1 is 1.09 bits per heavy atom. The van der Waals surface area contributed by atoms with Gasteiger partial charge in [0.25, 0.3) is 5.91 Å². The first-order valence-corrected chi connectivity index (χ1v) is 8.05. The SMILES string of the molecule is COc1cc(I)c(C(=O)Nc2ccccc2N(C)C)cc1OC. The fourth-order valence-corrected chi connectivity index (χ4v) is 2.87. The van der Waals surface area contributed by atoms with Crippen molar-refractivity contribution in [3.05, 3.63) is 45.5 Å². The number of rotatable bonds is 5. The number of ether oxygens (including phenoxy) is 2. The number of nitrogens with zero attached hydrogens (tertiary/aromatic N) is 1. The molecule has 0 atom stereocenters. The molecule has 2 rings (SSSR count). The third-order valence-corrected chi connectivity index (χ3v) is 4.24. The molecule has 6 heteroatoms. The molecule has 0 saturated heterocycles. The van der Waals surface area contributed by atoms with Crippen LogP contribution in [0.25, 0.3) is 0 Å². The highest BCUT2D eigenvalue weighted by Crippen LogP contribution is 2.32. The zero-order valence-electron chi connectivity index (χ0n) is 13.5. The molecule has 5 nitrogen and oxygen atoms in total. The Morgan fingerprint density at radius 3 is 2.30 bits per heavy atom. The van der Waals surface area contributed by atoms with Crippen LogP contribution in [-0.2, 0) is 0 Å². The summed E-state index contributed by atoms with van der Waals surface area (Å²) in [6.45, 7) is 0. The Balaban J connectivity index is 2.35. The van der Waals surface area contributed by atoms with Crippen molar-refractivity contribution in [3.63, 3.8) is 0 Å². The molecule has 1 N–H and O–H groups in total. The second-order valence-electron chi connectivity index (χ2n) is 5.05. The number of benzene rings is 2. The quantitative estimate of drug-likeness (QED) is 0.743. The highest BCUT2D eigenvalue weighted by molar-refractivity contribution is 14.1. The minimum absolute atomic E-state index is 0.190. The molecule has 0 spiro atoms. The summed E-state index contributed by atoms with van der Waals surface area (Å²) < 4.78 is 11.3. The summed E-state index contributed by atoms with van der Waals surface area (Å²) >= 11 is 2.12. The van der Waals surface area contributed by atoms with E-state index in [-0.39, 0.29) is 5.91 Å². The van der Waals surface area contributed by atoms with Gasteiger partial charge in [-0.15, -0.1) is 0 Å². The van der Waals surface area contributed by atoms with Gasteiger partial charge in [0.1, 0.15) is 0 Å². The minimum Gasteiger partial charge on any atom is -0.493 e. The predicted molar refractivity (Wildman–Crippen MR) is 101 cm³/mol. The molecule has 1 amide bonds. The smallest absolute Gasteiger partial charge is 0.256 e. The second-order valence-corrected chi connectivity index (χ2v) is 6.21. The van der Waals surface area contributed by atoms with Crippen LogP contribution in [0.2, 0.25) is 0 Å². The number of hydrogen-bond acceptors (Lipinski definition) is 4. The molecule has 0 saturated carbocycles. The van der Waals surface area contributed by atoms with E-state index in [0.717, 1.165) is 14.9 Å². The van der Waals surface area contributed by atoms with Crippen molar-refractivity contribution in [1.82, 2.24) is 0 Å². The molecule has 0 unspecified atom stereocenters. The summed E-state index contributed by atoms with van der Waals surface area (Å²) in [6, 6.07) is 11.1. The summed E-state index contributed by atoms with van der Waals surface area (Å²) in [4.78, 5) is 14.6. The van der Waals surface area contributed by atoms with E-state index in [1.54, 1.807) is 26.4 Å². The number of para-hydroxylation sites is 2. The van der Waals surface area contributed by atoms with Gasteiger partial charge < -0.3 is 19.7 Å². The van der Waals surface area contributed by atoms with Gasteiger partial charge >= 0.3 is 0 Å². The number of halogens is 1. The van der Waals surface area contributed by atoms with Gasteiger partial charge in [0.2, 0.25) is 0 Å². The molecule has 2 aromatic rings. The molecule has 0 aliphatic carbocycles. The van der Waals surface area contributed by atoms with Gasteiger partial charge in [-0.25, -0.2) is 0 Å². The number of amides is 1. The maximum Gasteiger partial charge on any atom is 0.256 e. The Kier molecular flexibility index (Phi) is 5.70. The lowest BCUT2D eigenvalue weighted by Crippen LogP contribution is -2.17. The van der Waals surface area contributed by atoms with Crippen LogP contribution < -0.4 is 19.7 Å². The number of methoxy groups -OCH3 is 2. The number of anilines is 2. The molecule has 2 aromatic carbocycles. The molecule has 0 aliphatic heterocycles. The van der Waals surface area contributed by atoms with Crippen LogP contribution in [0, 0.1) is 3.57 Å². The Morgan fingerprint density at radius 2 is 1.70 bits per heavy atom. The summed E-state index contributed by atoms with van der Waals surface area (Å²) in [7, 11) is 6.99. The minimum atomic E-state index is -0.190. The lowest BCUT2D eigenvalue weighted by molar-refractivity contribution is 0.102. The first-order valence-electron chi connectivity index (χ1n) is 6.97. The molecule has 23 heavy (non-hydrogen) atoms. The van der Waals surface area contributed by atoms with Gasteiger partial charge in [0.05, 0.1) is 31.2 Å². The number of carbonyl (C=O) groups excluding carboxylic acids is 1. The van der Waals surface area contributed by atoms with Crippen LogP contribution in [-0.4, -0.2) is 34.2 Å². The maximum atomic E-state index is 12.6. The first kappa shape index (κ1) is 17.4. The summed E-state index contributed by atoms with van der Waals surface area (Å²) in [6.07, 6.45) is 0. The van der Waals surface area contributed by atoms with E-state index in [0.29, 0.717) is 17.1 Å². The van der Waals surface area contributed by atoms with Crippen molar-refractivity contribution < 1.29 is 14.3 Å². The second kappa shape index (κ2) is 7.54. The number of nitrogens with one attached hydrogen (secondary N) is 1. The number of hydrogen-bond donors (Lipinski definition) is 1. The van der Waals surface area contributed by atoms with Crippen LogP contribution in [0.1, 0.15) is 10.4 Å². The molecular weight excluding hydrogens is 407 g/mol. The van der Waals surface area contributed by atoms with Crippen molar-refractivity contribution in [2.45, 2.75) is 0 Å². The summed E-state index contributed by atoms with van der Waals surface area (Å²) in [5.41, 5.74) is 2.24. The summed E-state index contributed by atoms with van der Waals surface area (Å²) in [5, 5.41) is 2.96. The van der Waals surface area contributed by atoms with Crippen molar-refractivity contribution in [1.29, 1.82) is 0 Å². The average molecular weight is 426 g/mol. The fraction of sp³-hybridized carbons (Fsp3) is 0.235. The lowest BCUT2D eigenvalue weighted by atomic mass is 10.1. The highest BCUT2D eigenvalue weighted by atomic mass is 127. The number of carbonyl (C=O) groups is 1. The van der Waals surface area contributed by atoms with Crippen molar-refractivity contribution in [2.24, 2.45) is 0 Å². The molecule has 0 fully saturated rings. The van der Waals surface area contributed by atoms with Crippen LogP contribution in [0.4, 0.5) is 11.4 Å². The monoisotopic (exact) mass is 426 g/mol. The third-order valence-electron chi connectivity index (χ3n) is 3.35. The fourth-order valence-electron chi connectivity index (χ4n) is 2.19. The maximum absolute atomic E-state index is 12.6. The highest BCUT2D eigenvalue weighted by Gasteiger charge is 2.17. The van der Waals surface area contributed by atoms with Crippen molar-refractivity contribution in [3.8, 4) is 11.5 Å². The molecule has 0 radical (unpaired) electrons. The van der Waals surface area contributed by atoms with E-state index >= 15 is 0 Å². The van der Waals surface area contributed by atoms with Crippen LogP contribution in [0.3, 0.4) is 0 Å². The van der Waals surface area contributed by atoms with E-state index in [2.05, 4.69) is 27.9 Å². The van der Waals surface area contributed by atoms with Gasteiger partial charge in [-0.2, -0.15) is 0 Å². The van der Waals surface area contributed by atoms with Gasteiger partial charge in [-0.1, -0.05) is 12.1 Å². The largest absolute Gasteiger partial charge is 0.493 e. The summed E-state index contributed by atoms with van der Waals surface area (Å²) in [5.74, 6) is 0.936. The molecular formula is C17H19IN2O3. The first-order chi connectivity index (χ1) is 11.0. The average Bonchev–Trinajstić information content (AvgIpc) is 2.54. The van der Waals surface area contributed by atoms with E-state index < -0.39 is 0 Å². The Bertz CT molecular complexity index is 717. The van der Waals surface area contributed by atoms with Crippen LogP contribution in [0.5, 0.6) is 11.5 Å².